The Morgan fingerprint density at radius 1 is 1.09 bits per heavy atom. The topological polar surface area (TPSA) is 92.5 Å². The second kappa shape index (κ2) is 8.05. The maximum absolute atomic E-state index is 12.9. The van der Waals surface area contributed by atoms with E-state index in [9.17, 15) is 9.59 Å². The number of carbonyl (C=O) groups is 2. The quantitative estimate of drug-likeness (QED) is 0.515. The minimum Gasteiger partial charge on any atom is -0.326 e. The number of carbonyl (C=O) groups excluding carboxylic acids is 2. The second-order valence-electron chi connectivity index (χ2n) is 7.69. The summed E-state index contributed by atoms with van der Waals surface area (Å²) in [6, 6.07) is 18.2. The molecule has 4 aromatic rings. The molecule has 1 saturated heterocycles. The first-order valence-corrected chi connectivity index (χ1v) is 10.5. The summed E-state index contributed by atoms with van der Waals surface area (Å²) in [6.07, 6.45) is 0.166. The number of hydrogen-bond donors (Lipinski definition) is 1. The van der Waals surface area contributed by atoms with Crippen LogP contribution in [0.1, 0.15) is 12.2 Å². The van der Waals surface area contributed by atoms with Crippen LogP contribution in [0.5, 0.6) is 0 Å². The Kier molecular flexibility index (Phi) is 5.07. The van der Waals surface area contributed by atoms with Gasteiger partial charge in [-0.1, -0.05) is 23.7 Å². The van der Waals surface area contributed by atoms with E-state index in [4.69, 9.17) is 11.6 Å². The maximum atomic E-state index is 12.9. The van der Waals surface area contributed by atoms with Gasteiger partial charge in [-0.2, -0.15) is 9.61 Å². The summed E-state index contributed by atoms with van der Waals surface area (Å²) in [5.74, 6) is -0.00787. The van der Waals surface area contributed by atoms with Gasteiger partial charge in [0.05, 0.1) is 11.6 Å². The van der Waals surface area contributed by atoms with Gasteiger partial charge >= 0.3 is 0 Å². The predicted molar refractivity (Wildman–Crippen MR) is 121 cm³/mol. The van der Waals surface area contributed by atoms with Crippen molar-refractivity contribution in [2.75, 3.05) is 16.8 Å². The summed E-state index contributed by atoms with van der Waals surface area (Å²) in [5.41, 5.74) is 3.64. The zero-order chi connectivity index (χ0) is 22.2. The van der Waals surface area contributed by atoms with E-state index < -0.39 is 5.92 Å². The highest BCUT2D eigenvalue weighted by atomic mass is 35.5. The van der Waals surface area contributed by atoms with Crippen molar-refractivity contribution in [3.63, 3.8) is 0 Å². The van der Waals surface area contributed by atoms with E-state index in [1.165, 1.54) is 0 Å². The third kappa shape index (κ3) is 3.80. The SMILES string of the molecule is Cc1nnc2ccc(-c3cccc(NC(=O)C4CC(=O)N(c5ccc(Cl)cc5)C4)c3)nn12. The van der Waals surface area contributed by atoms with Crippen molar-refractivity contribution in [2.45, 2.75) is 13.3 Å². The number of aromatic nitrogens is 4. The van der Waals surface area contributed by atoms with Crippen LogP contribution in [0.3, 0.4) is 0 Å². The molecule has 1 aliphatic rings. The number of fused-ring (bicyclic) bond motifs is 1. The summed E-state index contributed by atoms with van der Waals surface area (Å²) >= 11 is 5.93. The van der Waals surface area contributed by atoms with Gasteiger partial charge in [-0.15, -0.1) is 10.2 Å². The van der Waals surface area contributed by atoms with Crippen molar-refractivity contribution < 1.29 is 9.59 Å². The maximum Gasteiger partial charge on any atom is 0.229 e. The Morgan fingerprint density at radius 2 is 1.91 bits per heavy atom. The molecule has 0 spiro atoms. The molecule has 2 aromatic heterocycles. The molecule has 1 fully saturated rings. The van der Waals surface area contributed by atoms with Gasteiger partial charge in [0.1, 0.15) is 0 Å². The molecule has 1 atom stereocenters. The van der Waals surface area contributed by atoms with Gasteiger partial charge in [0.2, 0.25) is 11.8 Å². The molecule has 9 heteroatoms. The average Bonchev–Trinajstić information content (AvgIpc) is 3.37. The molecule has 1 aliphatic heterocycles. The van der Waals surface area contributed by atoms with Gasteiger partial charge in [0.15, 0.2) is 11.5 Å². The van der Waals surface area contributed by atoms with Crippen LogP contribution >= 0.6 is 11.6 Å². The summed E-state index contributed by atoms with van der Waals surface area (Å²) < 4.78 is 1.68. The number of hydrogen-bond acceptors (Lipinski definition) is 5. The van der Waals surface area contributed by atoms with E-state index in [1.807, 2.05) is 43.3 Å². The van der Waals surface area contributed by atoms with Gasteiger partial charge in [-0.3, -0.25) is 9.59 Å². The molecule has 2 aromatic carbocycles. The Hall–Kier alpha value is -3.78. The number of benzene rings is 2. The zero-order valence-electron chi connectivity index (χ0n) is 17.2. The standard InChI is InChI=1S/C23H19ClN6O2/c1-14-26-27-21-10-9-20(28-30(14)21)15-3-2-4-18(11-15)25-23(32)16-12-22(31)29(13-16)19-7-5-17(24)6-8-19/h2-11,16H,12-13H2,1H3,(H,25,32). The molecule has 5 rings (SSSR count). The van der Waals surface area contributed by atoms with Crippen molar-refractivity contribution in [3.05, 3.63) is 71.5 Å². The van der Waals surface area contributed by atoms with Gasteiger partial charge < -0.3 is 10.2 Å². The van der Waals surface area contributed by atoms with Crippen LogP contribution in [0.25, 0.3) is 16.9 Å². The molecule has 8 nitrogen and oxygen atoms in total. The van der Waals surface area contributed by atoms with Crippen LogP contribution in [-0.2, 0) is 9.59 Å². The molecule has 32 heavy (non-hydrogen) atoms. The van der Waals surface area contributed by atoms with Crippen LogP contribution in [0.15, 0.2) is 60.7 Å². The molecule has 2 amide bonds. The fourth-order valence-corrected chi connectivity index (χ4v) is 3.93. The van der Waals surface area contributed by atoms with Crippen molar-refractivity contribution in [3.8, 4) is 11.3 Å². The van der Waals surface area contributed by atoms with E-state index >= 15 is 0 Å². The van der Waals surface area contributed by atoms with Crippen molar-refractivity contribution in [2.24, 2.45) is 5.92 Å². The van der Waals surface area contributed by atoms with Crippen molar-refractivity contribution >= 4 is 40.4 Å². The highest BCUT2D eigenvalue weighted by Crippen LogP contribution is 2.28. The second-order valence-corrected chi connectivity index (χ2v) is 8.12. The predicted octanol–water partition coefficient (Wildman–Crippen LogP) is 3.74. The summed E-state index contributed by atoms with van der Waals surface area (Å²) in [4.78, 5) is 27.0. The largest absolute Gasteiger partial charge is 0.326 e. The van der Waals surface area contributed by atoms with E-state index in [2.05, 4.69) is 20.6 Å². The Bertz CT molecular complexity index is 1330. The smallest absolute Gasteiger partial charge is 0.229 e. The Morgan fingerprint density at radius 3 is 2.72 bits per heavy atom. The molecule has 160 valence electrons. The molecule has 1 N–H and O–H groups in total. The number of nitrogens with zero attached hydrogens (tertiary/aromatic N) is 5. The molecule has 1 unspecified atom stereocenters. The van der Waals surface area contributed by atoms with E-state index in [1.54, 1.807) is 33.7 Å². The van der Waals surface area contributed by atoms with Gasteiger partial charge in [0.25, 0.3) is 0 Å². The van der Waals surface area contributed by atoms with Gasteiger partial charge in [-0.25, -0.2) is 0 Å². The number of anilines is 2. The third-order valence-electron chi connectivity index (χ3n) is 5.48. The van der Waals surface area contributed by atoms with Crippen LogP contribution in [0, 0.1) is 12.8 Å². The number of rotatable bonds is 4. The Labute approximate surface area is 188 Å². The summed E-state index contributed by atoms with van der Waals surface area (Å²) in [5, 5.41) is 16.2. The fourth-order valence-electron chi connectivity index (χ4n) is 3.80. The van der Waals surface area contributed by atoms with Crippen LogP contribution in [0.2, 0.25) is 5.02 Å². The minimum atomic E-state index is -0.434. The summed E-state index contributed by atoms with van der Waals surface area (Å²) in [6.45, 7) is 2.17. The molecule has 0 bridgehead atoms. The van der Waals surface area contributed by atoms with Crippen LogP contribution in [-0.4, -0.2) is 38.2 Å². The molecule has 0 aliphatic carbocycles. The van der Waals surface area contributed by atoms with Crippen LogP contribution in [0.4, 0.5) is 11.4 Å². The fraction of sp³-hybridized carbons (Fsp3) is 0.174. The van der Waals surface area contributed by atoms with Gasteiger partial charge in [0, 0.05) is 34.9 Å². The first kappa shape index (κ1) is 20.1. The van der Waals surface area contributed by atoms with Crippen molar-refractivity contribution in [1.29, 1.82) is 0 Å². The first-order chi connectivity index (χ1) is 15.5. The molecule has 0 saturated carbocycles. The summed E-state index contributed by atoms with van der Waals surface area (Å²) in [7, 11) is 0. The third-order valence-corrected chi connectivity index (χ3v) is 5.73. The first-order valence-electron chi connectivity index (χ1n) is 10.1. The van der Waals surface area contributed by atoms with E-state index in [0.717, 1.165) is 16.9 Å². The lowest BCUT2D eigenvalue weighted by molar-refractivity contribution is -0.122. The van der Waals surface area contributed by atoms with Crippen molar-refractivity contribution in [1.82, 2.24) is 19.8 Å². The van der Waals surface area contributed by atoms with E-state index in [0.29, 0.717) is 28.7 Å². The lowest BCUT2D eigenvalue weighted by Crippen LogP contribution is -2.28. The molecular formula is C23H19ClN6O2. The number of nitrogens with one attached hydrogen (secondary N) is 1. The van der Waals surface area contributed by atoms with E-state index in [-0.39, 0.29) is 18.2 Å². The number of halogens is 1. The molecule has 0 radical (unpaired) electrons. The molecule has 3 heterocycles. The van der Waals surface area contributed by atoms with Crippen LogP contribution < -0.4 is 10.2 Å². The lowest BCUT2D eigenvalue weighted by atomic mass is 10.1. The highest BCUT2D eigenvalue weighted by Gasteiger charge is 2.35. The monoisotopic (exact) mass is 446 g/mol. The normalized spacial score (nSPS) is 16.0. The number of amides is 2. The molecular weight excluding hydrogens is 428 g/mol. The highest BCUT2D eigenvalue weighted by molar-refractivity contribution is 6.30. The average molecular weight is 447 g/mol. The lowest BCUT2D eigenvalue weighted by Gasteiger charge is -2.17. The zero-order valence-corrected chi connectivity index (χ0v) is 18.0. The Balaban J connectivity index is 1.32. The minimum absolute atomic E-state index is 0.0805. The van der Waals surface area contributed by atoms with Gasteiger partial charge in [-0.05, 0) is 55.5 Å². The number of aryl methyl sites for hydroxylation is 1.